The van der Waals surface area contributed by atoms with Crippen molar-refractivity contribution in [3.05, 3.63) is 60.9 Å². The molecule has 0 aliphatic rings. The number of hydrogen-bond donors (Lipinski definition) is 1. The van der Waals surface area contributed by atoms with Gasteiger partial charge in [-0.05, 0) is 18.2 Å². The van der Waals surface area contributed by atoms with Crippen molar-refractivity contribution in [3.63, 3.8) is 0 Å². The van der Waals surface area contributed by atoms with Gasteiger partial charge in [0.2, 0.25) is 5.91 Å². The summed E-state index contributed by atoms with van der Waals surface area (Å²) in [5.74, 6) is -0.390. The topological polar surface area (TPSA) is 70.7 Å². The monoisotopic (exact) mass is 252 g/mol. The minimum atomic E-state index is -0.733. The van der Waals surface area contributed by atoms with Gasteiger partial charge in [-0.15, -0.1) is 0 Å². The van der Waals surface area contributed by atoms with Gasteiger partial charge >= 0.3 is 0 Å². The Morgan fingerprint density at radius 1 is 1.47 bits per heavy atom. The minimum Gasteiger partial charge on any atom is -0.333 e. The molecule has 0 aliphatic heterocycles. The van der Waals surface area contributed by atoms with E-state index in [-0.39, 0.29) is 5.91 Å². The molecule has 1 aromatic carbocycles. The van der Waals surface area contributed by atoms with Crippen molar-refractivity contribution in [1.29, 1.82) is 5.26 Å². The zero-order valence-electron chi connectivity index (χ0n) is 10.2. The fraction of sp³-hybridized carbons (Fsp3) is 0.0714. The second-order valence-corrected chi connectivity index (χ2v) is 3.83. The van der Waals surface area contributed by atoms with Crippen LogP contribution in [0.5, 0.6) is 0 Å². The quantitative estimate of drug-likeness (QED) is 0.842. The van der Waals surface area contributed by atoms with Crippen LogP contribution < -0.4 is 5.32 Å². The van der Waals surface area contributed by atoms with E-state index >= 15 is 0 Å². The largest absolute Gasteiger partial charge is 0.333 e. The highest BCUT2D eigenvalue weighted by Crippen LogP contribution is 2.14. The molecule has 0 aliphatic carbocycles. The Labute approximate surface area is 110 Å². The lowest BCUT2D eigenvalue weighted by Gasteiger charge is -2.06. The van der Waals surface area contributed by atoms with Crippen molar-refractivity contribution in [2.75, 3.05) is 0 Å². The maximum atomic E-state index is 11.2. The highest BCUT2D eigenvalue weighted by Gasteiger charge is 2.14. The maximum absolute atomic E-state index is 11.2. The number of aromatic nitrogens is 2. The molecule has 1 aromatic heterocycles. The lowest BCUT2D eigenvalue weighted by Crippen LogP contribution is -2.25. The highest BCUT2D eigenvalue weighted by atomic mass is 16.1. The van der Waals surface area contributed by atoms with Crippen molar-refractivity contribution >= 4 is 5.91 Å². The second kappa shape index (κ2) is 5.65. The highest BCUT2D eigenvalue weighted by molar-refractivity contribution is 5.87. The van der Waals surface area contributed by atoms with Gasteiger partial charge in [0.25, 0.3) is 0 Å². The molecule has 0 radical (unpaired) electrons. The third-order valence-electron chi connectivity index (χ3n) is 2.56. The number of carbonyl (C=O) groups excluding carboxylic acids is 1. The molecule has 2 rings (SSSR count). The zero-order chi connectivity index (χ0) is 13.7. The van der Waals surface area contributed by atoms with Crippen LogP contribution in [0.4, 0.5) is 0 Å². The summed E-state index contributed by atoms with van der Waals surface area (Å²) in [6.07, 6.45) is 4.41. The van der Waals surface area contributed by atoms with E-state index in [0.29, 0.717) is 5.56 Å². The number of carbonyl (C=O) groups is 1. The van der Waals surface area contributed by atoms with Crippen molar-refractivity contribution in [1.82, 2.24) is 15.1 Å². The molecule has 1 N–H and O–H groups in total. The summed E-state index contributed by atoms with van der Waals surface area (Å²) in [7, 11) is 0. The number of rotatable bonds is 4. The normalized spacial score (nSPS) is 11.3. The predicted molar refractivity (Wildman–Crippen MR) is 70.3 cm³/mol. The Balaban J connectivity index is 2.23. The number of hydrogen-bond acceptors (Lipinski definition) is 3. The molecule has 0 bridgehead atoms. The first-order chi connectivity index (χ1) is 9.24. The summed E-state index contributed by atoms with van der Waals surface area (Å²) in [6, 6.07) is 10.8. The van der Waals surface area contributed by atoms with Gasteiger partial charge in [0.1, 0.15) is 6.04 Å². The van der Waals surface area contributed by atoms with Crippen LogP contribution in [0.1, 0.15) is 11.6 Å². The van der Waals surface area contributed by atoms with Crippen LogP contribution in [-0.2, 0) is 4.79 Å². The van der Waals surface area contributed by atoms with E-state index in [1.54, 1.807) is 17.1 Å². The molecule has 1 heterocycles. The fourth-order valence-corrected chi connectivity index (χ4v) is 1.60. The summed E-state index contributed by atoms with van der Waals surface area (Å²) >= 11 is 0. The molecule has 0 saturated carbocycles. The van der Waals surface area contributed by atoms with Crippen LogP contribution in [0, 0.1) is 11.3 Å². The van der Waals surface area contributed by atoms with E-state index < -0.39 is 6.04 Å². The fourth-order valence-electron chi connectivity index (χ4n) is 1.60. The standard InChI is InChI=1S/C14H12N4O/c1-2-14(19)17-13(8-15)11-9-16-18(10-11)12-6-4-3-5-7-12/h2-7,9-10,13H,1H2,(H,17,19). The van der Waals surface area contributed by atoms with Crippen molar-refractivity contribution in [3.8, 4) is 11.8 Å². The third-order valence-corrected chi connectivity index (χ3v) is 2.56. The first-order valence-corrected chi connectivity index (χ1v) is 5.67. The molecule has 1 amide bonds. The molecule has 0 saturated heterocycles. The van der Waals surface area contributed by atoms with E-state index in [0.717, 1.165) is 11.8 Å². The lowest BCUT2D eigenvalue weighted by molar-refractivity contribution is -0.116. The molecular formula is C14H12N4O. The molecule has 0 spiro atoms. The number of nitrogens with zero attached hydrogens (tertiary/aromatic N) is 3. The number of para-hydroxylation sites is 1. The molecule has 2 aromatic rings. The number of benzene rings is 1. The minimum absolute atomic E-state index is 0.390. The van der Waals surface area contributed by atoms with Gasteiger partial charge in [0, 0.05) is 11.8 Å². The van der Waals surface area contributed by atoms with Gasteiger partial charge in [-0.25, -0.2) is 4.68 Å². The van der Waals surface area contributed by atoms with Gasteiger partial charge in [-0.2, -0.15) is 10.4 Å². The van der Waals surface area contributed by atoms with Crippen molar-refractivity contribution < 1.29 is 4.79 Å². The van der Waals surface area contributed by atoms with Gasteiger partial charge in [-0.1, -0.05) is 24.8 Å². The molecule has 1 atom stereocenters. The van der Waals surface area contributed by atoms with E-state index in [4.69, 9.17) is 5.26 Å². The van der Waals surface area contributed by atoms with Gasteiger partial charge < -0.3 is 5.32 Å². The van der Waals surface area contributed by atoms with Crippen LogP contribution in [0.15, 0.2) is 55.4 Å². The van der Waals surface area contributed by atoms with Gasteiger partial charge in [0.05, 0.1) is 18.0 Å². The number of amides is 1. The average molecular weight is 252 g/mol. The van der Waals surface area contributed by atoms with Crippen LogP contribution in [-0.4, -0.2) is 15.7 Å². The Kier molecular flexibility index (Phi) is 3.74. The Bertz CT molecular complexity index is 624. The third kappa shape index (κ3) is 2.87. The van der Waals surface area contributed by atoms with Crippen LogP contribution in [0.3, 0.4) is 0 Å². The zero-order valence-corrected chi connectivity index (χ0v) is 10.2. The van der Waals surface area contributed by atoms with E-state index in [9.17, 15) is 4.79 Å². The molecule has 5 nitrogen and oxygen atoms in total. The summed E-state index contributed by atoms with van der Waals surface area (Å²) in [5.41, 5.74) is 1.52. The Morgan fingerprint density at radius 2 is 2.21 bits per heavy atom. The van der Waals surface area contributed by atoms with Gasteiger partial charge in [0.15, 0.2) is 0 Å². The van der Waals surface area contributed by atoms with Crippen molar-refractivity contribution in [2.24, 2.45) is 0 Å². The van der Waals surface area contributed by atoms with Crippen LogP contribution >= 0.6 is 0 Å². The van der Waals surface area contributed by atoms with Crippen LogP contribution in [0.25, 0.3) is 5.69 Å². The molecule has 94 valence electrons. The molecule has 19 heavy (non-hydrogen) atoms. The van der Waals surface area contributed by atoms with Crippen LogP contribution in [0.2, 0.25) is 0 Å². The first-order valence-electron chi connectivity index (χ1n) is 5.67. The summed E-state index contributed by atoms with van der Waals surface area (Å²) < 4.78 is 1.65. The molecule has 1 unspecified atom stereocenters. The van der Waals surface area contributed by atoms with Gasteiger partial charge in [-0.3, -0.25) is 4.79 Å². The maximum Gasteiger partial charge on any atom is 0.244 e. The van der Waals surface area contributed by atoms with Crippen molar-refractivity contribution in [2.45, 2.75) is 6.04 Å². The van der Waals surface area contributed by atoms with E-state index in [1.165, 1.54) is 0 Å². The number of nitrogens with one attached hydrogen (secondary N) is 1. The average Bonchev–Trinajstić information content (AvgIpc) is 2.95. The Hall–Kier alpha value is -2.87. The molecular weight excluding hydrogens is 240 g/mol. The number of nitriles is 1. The summed E-state index contributed by atoms with van der Waals surface area (Å²) in [6.45, 7) is 3.35. The predicted octanol–water partition coefficient (Wildman–Crippen LogP) is 1.74. The molecule has 5 heteroatoms. The summed E-state index contributed by atoms with van der Waals surface area (Å²) in [5, 5.41) is 15.8. The van der Waals surface area contributed by atoms with E-state index in [2.05, 4.69) is 17.0 Å². The molecule has 0 fully saturated rings. The lowest BCUT2D eigenvalue weighted by atomic mass is 10.2. The smallest absolute Gasteiger partial charge is 0.244 e. The Morgan fingerprint density at radius 3 is 2.84 bits per heavy atom. The first kappa shape index (κ1) is 12.6. The van der Waals surface area contributed by atoms with E-state index in [1.807, 2.05) is 36.4 Å². The second-order valence-electron chi connectivity index (χ2n) is 3.83. The summed E-state index contributed by atoms with van der Waals surface area (Å²) in [4.78, 5) is 11.2. The SMILES string of the molecule is C=CC(=O)NC(C#N)c1cnn(-c2ccccc2)c1.